The first-order chi connectivity index (χ1) is 11.6. The quantitative estimate of drug-likeness (QED) is 0.447. The minimum Gasteiger partial charge on any atom is -0.297 e. The molecule has 0 aliphatic carbocycles. The summed E-state index contributed by atoms with van der Waals surface area (Å²) in [7, 11) is -2.91. The molecule has 0 aliphatic rings. The summed E-state index contributed by atoms with van der Waals surface area (Å²) in [5, 5.41) is 5.07. The van der Waals surface area contributed by atoms with Crippen LogP contribution in [-0.4, -0.2) is 0 Å². The maximum atomic E-state index is 14.0. The van der Waals surface area contributed by atoms with E-state index in [1.54, 1.807) is 0 Å². The van der Waals surface area contributed by atoms with Crippen molar-refractivity contribution in [2.75, 3.05) is 0 Å². The Kier molecular flexibility index (Phi) is 5.54. The Bertz CT molecular complexity index is 791. The number of hydrogen-bond donors (Lipinski definition) is 1. The molecule has 3 aromatic carbocycles. The van der Waals surface area contributed by atoms with Gasteiger partial charge in [0.15, 0.2) is 0 Å². The molecule has 1 N–H and O–H groups in total. The average Bonchev–Trinajstić information content (AvgIpc) is 2.63. The summed E-state index contributed by atoms with van der Waals surface area (Å²) in [5.74, 6) is 0. The molecule has 2 nitrogen and oxygen atoms in total. The van der Waals surface area contributed by atoms with E-state index >= 15 is 0 Å². The molecule has 0 aromatic heterocycles. The minimum atomic E-state index is -2.91. The highest BCUT2D eigenvalue weighted by Crippen LogP contribution is 2.41. The Labute approximate surface area is 156 Å². The third-order valence-corrected chi connectivity index (χ3v) is 7.51. The SMILES string of the molecule is C[C@@H](NP(=O)(c1ccccc1)c1ccccc1)c1ccc(I)cc1. The molecule has 0 saturated heterocycles. The monoisotopic (exact) mass is 447 g/mol. The Balaban J connectivity index is 2.00. The Morgan fingerprint density at radius 2 is 1.25 bits per heavy atom. The lowest BCUT2D eigenvalue weighted by Crippen LogP contribution is -2.29. The van der Waals surface area contributed by atoms with Crippen LogP contribution in [0.3, 0.4) is 0 Å². The summed E-state index contributed by atoms with van der Waals surface area (Å²) in [4.78, 5) is 0. The van der Waals surface area contributed by atoms with Crippen LogP contribution in [0.25, 0.3) is 0 Å². The maximum Gasteiger partial charge on any atom is 0.205 e. The molecule has 0 aliphatic heterocycles. The van der Waals surface area contributed by atoms with Gasteiger partial charge in [-0.15, -0.1) is 0 Å². The summed E-state index contributed by atoms with van der Waals surface area (Å²) in [6, 6.07) is 27.6. The summed E-state index contributed by atoms with van der Waals surface area (Å²) in [6.07, 6.45) is 0. The zero-order valence-electron chi connectivity index (χ0n) is 13.4. The third-order valence-electron chi connectivity index (χ3n) is 3.99. The van der Waals surface area contributed by atoms with E-state index in [0.29, 0.717) is 0 Å². The van der Waals surface area contributed by atoms with E-state index in [2.05, 4.69) is 58.9 Å². The van der Waals surface area contributed by atoms with Crippen LogP contribution < -0.4 is 15.7 Å². The van der Waals surface area contributed by atoms with Crippen LogP contribution in [0.2, 0.25) is 0 Å². The van der Waals surface area contributed by atoms with Gasteiger partial charge in [-0.05, 0) is 71.5 Å². The molecule has 122 valence electrons. The molecule has 0 unspecified atom stereocenters. The summed E-state index contributed by atoms with van der Waals surface area (Å²) in [6.45, 7) is 2.06. The molecule has 0 bridgehead atoms. The van der Waals surface area contributed by atoms with E-state index in [1.807, 2.05) is 60.7 Å². The van der Waals surface area contributed by atoms with Crippen LogP contribution in [-0.2, 0) is 4.57 Å². The first-order valence-corrected chi connectivity index (χ1v) is 10.6. The highest BCUT2D eigenvalue weighted by molar-refractivity contribution is 14.1. The van der Waals surface area contributed by atoms with Crippen molar-refractivity contribution < 1.29 is 4.57 Å². The summed E-state index contributed by atoms with van der Waals surface area (Å²) in [5.41, 5.74) is 1.13. The topological polar surface area (TPSA) is 29.1 Å². The fourth-order valence-electron chi connectivity index (χ4n) is 2.67. The molecule has 0 heterocycles. The first-order valence-electron chi connectivity index (χ1n) is 7.84. The third kappa shape index (κ3) is 3.80. The highest BCUT2D eigenvalue weighted by Gasteiger charge is 2.28. The van der Waals surface area contributed by atoms with Crippen molar-refractivity contribution in [3.63, 3.8) is 0 Å². The molecule has 4 heteroatoms. The van der Waals surface area contributed by atoms with E-state index in [0.717, 1.165) is 16.2 Å². The largest absolute Gasteiger partial charge is 0.297 e. The molecule has 0 spiro atoms. The normalized spacial score (nSPS) is 12.8. The van der Waals surface area contributed by atoms with Crippen molar-refractivity contribution in [1.29, 1.82) is 0 Å². The van der Waals surface area contributed by atoms with Crippen molar-refractivity contribution in [2.24, 2.45) is 0 Å². The maximum absolute atomic E-state index is 14.0. The van der Waals surface area contributed by atoms with Gasteiger partial charge >= 0.3 is 0 Å². The van der Waals surface area contributed by atoms with Gasteiger partial charge in [-0.1, -0.05) is 48.5 Å². The number of halogens is 1. The number of rotatable bonds is 5. The van der Waals surface area contributed by atoms with Gasteiger partial charge in [0.1, 0.15) is 0 Å². The fraction of sp³-hybridized carbons (Fsp3) is 0.100. The van der Waals surface area contributed by atoms with Gasteiger partial charge in [0.2, 0.25) is 7.29 Å². The molecule has 0 amide bonds. The lowest BCUT2D eigenvalue weighted by Gasteiger charge is -2.25. The Hall–Kier alpha value is -1.42. The predicted molar refractivity (Wildman–Crippen MR) is 110 cm³/mol. The second-order valence-corrected chi connectivity index (χ2v) is 9.44. The van der Waals surface area contributed by atoms with Gasteiger partial charge in [-0.2, -0.15) is 0 Å². The molecule has 3 rings (SSSR count). The number of nitrogens with one attached hydrogen (secondary N) is 1. The van der Waals surface area contributed by atoms with Gasteiger partial charge < -0.3 is 0 Å². The van der Waals surface area contributed by atoms with Crippen molar-refractivity contribution in [2.45, 2.75) is 13.0 Å². The number of hydrogen-bond acceptors (Lipinski definition) is 1. The van der Waals surface area contributed by atoms with Gasteiger partial charge in [0.25, 0.3) is 0 Å². The Morgan fingerprint density at radius 1 is 0.792 bits per heavy atom. The molecule has 0 radical (unpaired) electrons. The van der Waals surface area contributed by atoms with Crippen molar-refractivity contribution in [3.8, 4) is 0 Å². The molecule has 1 atom stereocenters. The Morgan fingerprint density at radius 3 is 1.71 bits per heavy atom. The second-order valence-electron chi connectivity index (χ2n) is 5.68. The lowest BCUT2D eigenvalue weighted by molar-refractivity contribution is 0.568. The van der Waals surface area contributed by atoms with E-state index < -0.39 is 7.29 Å². The zero-order chi connectivity index (χ0) is 17.0. The van der Waals surface area contributed by atoms with Crippen LogP contribution in [0.15, 0.2) is 84.9 Å². The highest BCUT2D eigenvalue weighted by atomic mass is 127. The van der Waals surface area contributed by atoms with Crippen LogP contribution in [0.5, 0.6) is 0 Å². The minimum absolute atomic E-state index is 0.0201. The van der Waals surface area contributed by atoms with Crippen molar-refractivity contribution in [3.05, 3.63) is 94.1 Å². The van der Waals surface area contributed by atoms with Crippen LogP contribution in [0.1, 0.15) is 18.5 Å². The molecule has 3 aromatic rings. The standard InChI is InChI=1S/C20H19INOP/c1-16(17-12-14-18(21)15-13-17)22-24(23,19-8-4-2-5-9-19)20-10-6-3-7-11-20/h2-16H,1H3,(H,22,23)/t16-/m1/s1. The lowest BCUT2D eigenvalue weighted by atomic mass is 10.1. The second kappa shape index (κ2) is 7.64. The van der Waals surface area contributed by atoms with E-state index in [-0.39, 0.29) is 6.04 Å². The van der Waals surface area contributed by atoms with Crippen LogP contribution in [0.4, 0.5) is 0 Å². The molecule has 0 saturated carbocycles. The van der Waals surface area contributed by atoms with Gasteiger partial charge in [0, 0.05) is 20.2 Å². The molecular weight excluding hydrogens is 428 g/mol. The molecule has 0 fully saturated rings. The summed E-state index contributed by atoms with van der Waals surface area (Å²) >= 11 is 2.29. The van der Waals surface area contributed by atoms with E-state index in [4.69, 9.17) is 0 Å². The van der Waals surface area contributed by atoms with Crippen molar-refractivity contribution >= 4 is 40.5 Å². The van der Waals surface area contributed by atoms with Gasteiger partial charge in [-0.25, -0.2) is 0 Å². The van der Waals surface area contributed by atoms with Gasteiger partial charge in [-0.3, -0.25) is 9.65 Å². The fourth-order valence-corrected chi connectivity index (χ4v) is 5.51. The van der Waals surface area contributed by atoms with Crippen LogP contribution >= 0.6 is 29.9 Å². The van der Waals surface area contributed by atoms with Crippen LogP contribution in [0, 0.1) is 3.57 Å². The van der Waals surface area contributed by atoms with E-state index in [1.165, 1.54) is 3.57 Å². The zero-order valence-corrected chi connectivity index (χ0v) is 16.4. The predicted octanol–water partition coefficient (Wildman–Crippen LogP) is 4.87. The average molecular weight is 447 g/mol. The van der Waals surface area contributed by atoms with Crippen molar-refractivity contribution in [1.82, 2.24) is 5.09 Å². The molecule has 24 heavy (non-hydrogen) atoms. The molecular formula is C20H19INOP. The first kappa shape index (κ1) is 17.4. The summed E-state index contributed by atoms with van der Waals surface area (Å²) < 4.78 is 15.1. The van der Waals surface area contributed by atoms with Gasteiger partial charge in [0.05, 0.1) is 0 Å². The number of benzene rings is 3. The van der Waals surface area contributed by atoms with E-state index in [9.17, 15) is 4.57 Å². The smallest absolute Gasteiger partial charge is 0.205 e.